The first-order chi connectivity index (χ1) is 17.8. The molecule has 0 bridgehead atoms. The van der Waals surface area contributed by atoms with Crippen molar-refractivity contribution in [3.05, 3.63) is 76.8 Å². The van der Waals surface area contributed by atoms with Gasteiger partial charge in [-0.3, -0.25) is 10.1 Å². The minimum Gasteiger partial charge on any atom is -0.481 e. The molecule has 0 spiro atoms. The Labute approximate surface area is 225 Å². The van der Waals surface area contributed by atoms with E-state index in [1.807, 2.05) is 55.5 Å². The summed E-state index contributed by atoms with van der Waals surface area (Å²) in [5.41, 5.74) is 2.95. The number of aryl methyl sites for hydroxylation is 1. The Morgan fingerprint density at radius 1 is 1.08 bits per heavy atom. The first-order valence-corrected chi connectivity index (χ1v) is 13.3. The van der Waals surface area contributed by atoms with Crippen molar-refractivity contribution in [3.63, 3.8) is 0 Å². The summed E-state index contributed by atoms with van der Waals surface area (Å²) in [4.78, 5) is 25.4. The Balaban J connectivity index is 1.36. The Bertz CT molecular complexity index is 1580. The molecule has 0 aliphatic rings. The molecule has 3 heterocycles. The molecule has 8 nitrogen and oxygen atoms in total. The first-order valence-electron chi connectivity index (χ1n) is 11.2. The van der Waals surface area contributed by atoms with Crippen LogP contribution in [0, 0.1) is 0 Å². The van der Waals surface area contributed by atoms with Crippen LogP contribution in [0.25, 0.3) is 30.4 Å². The molecule has 5 aromatic rings. The largest absolute Gasteiger partial charge is 0.481 e. The minimum absolute atomic E-state index is 0.0733. The number of aliphatic carboxylic acids is 1. The van der Waals surface area contributed by atoms with Gasteiger partial charge in [0, 0.05) is 31.9 Å². The first kappa shape index (κ1) is 24.9. The highest BCUT2D eigenvalue weighted by Crippen LogP contribution is 2.44. The second kappa shape index (κ2) is 10.3. The van der Waals surface area contributed by atoms with E-state index in [2.05, 4.69) is 15.6 Å². The topological polar surface area (TPSA) is 106 Å². The molecular formula is C26H21ClN4O4S2. The predicted molar refractivity (Wildman–Crippen MR) is 146 cm³/mol. The third kappa shape index (κ3) is 5.36. The van der Waals surface area contributed by atoms with Crippen LogP contribution in [-0.2, 0) is 23.0 Å². The number of carbonyl (C=O) groups is 2. The number of nitrogens with one attached hydrogen (secondary N) is 1. The van der Waals surface area contributed by atoms with Crippen molar-refractivity contribution < 1.29 is 19.4 Å². The number of ether oxygens (including phenoxy) is 1. The highest BCUT2D eigenvalue weighted by Gasteiger charge is 2.21. The van der Waals surface area contributed by atoms with E-state index in [4.69, 9.17) is 21.4 Å². The molecule has 0 saturated heterocycles. The van der Waals surface area contributed by atoms with Crippen LogP contribution >= 0.6 is 34.3 Å². The summed E-state index contributed by atoms with van der Waals surface area (Å²) in [6, 6.07) is 18.9. The summed E-state index contributed by atoms with van der Waals surface area (Å²) >= 11 is 9.57. The zero-order valence-electron chi connectivity index (χ0n) is 19.8. The van der Waals surface area contributed by atoms with Crippen LogP contribution in [0.1, 0.15) is 24.2 Å². The Morgan fingerprint density at radius 3 is 2.49 bits per heavy atom. The van der Waals surface area contributed by atoms with E-state index in [0.29, 0.717) is 22.1 Å². The molecule has 3 aromatic heterocycles. The number of carboxylic acid groups (broad SMARTS) is 1. The molecule has 11 heteroatoms. The van der Waals surface area contributed by atoms with Gasteiger partial charge in [0.1, 0.15) is 11.8 Å². The molecule has 0 radical (unpaired) electrons. The highest BCUT2D eigenvalue weighted by molar-refractivity contribution is 7.31. The van der Waals surface area contributed by atoms with Crippen molar-refractivity contribution >= 4 is 61.6 Å². The van der Waals surface area contributed by atoms with Crippen LogP contribution in [0.4, 0.5) is 10.6 Å². The lowest BCUT2D eigenvalue weighted by atomic mass is 10.1. The van der Waals surface area contributed by atoms with Crippen molar-refractivity contribution in [1.29, 1.82) is 0 Å². The van der Waals surface area contributed by atoms with Gasteiger partial charge in [0.2, 0.25) is 0 Å². The molecule has 2 aromatic carbocycles. The van der Waals surface area contributed by atoms with Gasteiger partial charge < -0.3 is 9.84 Å². The van der Waals surface area contributed by atoms with E-state index in [0.717, 1.165) is 30.3 Å². The molecule has 188 valence electrons. The standard InChI is InChI=1S/C26H21ClN4O4S2/c1-14(16-6-4-3-5-7-16)35-26(34)28-25-24(29-30-31(25)2)22-13-21-20(37-22)12-19(36-21)17-9-8-15(10-18(17)27)11-23(32)33/h3-10,12-14H,11H2,1-2H3,(H,28,34)(H,32,33). The number of halogens is 1. The molecule has 0 saturated carbocycles. The van der Waals surface area contributed by atoms with Crippen LogP contribution < -0.4 is 5.32 Å². The van der Waals surface area contributed by atoms with E-state index < -0.39 is 18.2 Å². The van der Waals surface area contributed by atoms with Crippen LogP contribution in [-0.4, -0.2) is 32.2 Å². The lowest BCUT2D eigenvalue weighted by molar-refractivity contribution is -0.136. The Kier molecular flexibility index (Phi) is 6.96. The summed E-state index contributed by atoms with van der Waals surface area (Å²) in [6.45, 7) is 1.81. The average Bonchev–Trinajstić information content (AvgIpc) is 3.53. The number of carbonyl (C=O) groups excluding carboxylic acids is 1. The molecule has 0 aliphatic carbocycles. The van der Waals surface area contributed by atoms with Gasteiger partial charge in [-0.1, -0.05) is 59.3 Å². The number of carboxylic acids is 1. The number of hydrogen-bond donors (Lipinski definition) is 2. The molecule has 0 fully saturated rings. The summed E-state index contributed by atoms with van der Waals surface area (Å²) in [5.74, 6) is -0.457. The van der Waals surface area contributed by atoms with Crippen molar-refractivity contribution in [2.45, 2.75) is 19.4 Å². The molecule has 37 heavy (non-hydrogen) atoms. The third-order valence-electron chi connectivity index (χ3n) is 5.69. The molecule has 1 unspecified atom stereocenters. The summed E-state index contributed by atoms with van der Waals surface area (Å²) < 4.78 is 9.13. The fourth-order valence-corrected chi connectivity index (χ4v) is 6.65. The van der Waals surface area contributed by atoms with E-state index in [1.165, 1.54) is 16.0 Å². The maximum atomic E-state index is 12.6. The number of anilines is 1. The monoisotopic (exact) mass is 552 g/mol. The zero-order chi connectivity index (χ0) is 26.1. The van der Waals surface area contributed by atoms with E-state index in [-0.39, 0.29) is 6.42 Å². The molecule has 1 atom stereocenters. The second-order valence-corrected chi connectivity index (χ2v) is 10.9. The van der Waals surface area contributed by atoms with E-state index >= 15 is 0 Å². The summed E-state index contributed by atoms with van der Waals surface area (Å²) in [5, 5.41) is 20.7. The lowest BCUT2D eigenvalue weighted by Crippen LogP contribution is -2.18. The predicted octanol–water partition coefficient (Wildman–Crippen LogP) is 7.02. The van der Waals surface area contributed by atoms with Crippen LogP contribution in [0.2, 0.25) is 5.02 Å². The number of nitrogens with zero attached hydrogens (tertiary/aromatic N) is 3. The minimum atomic E-state index is -0.898. The summed E-state index contributed by atoms with van der Waals surface area (Å²) in [7, 11) is 1.71. The smallest absolute Gasteiger partial charge is 0.413 e. The van der Waals surface area contributed by atoms with Gasteiger partial charge in [0.15, 0.2) is 5.82 Å². The quantitative estimate of drug-likeness (QED) is 0.225. The molecule has 1 amide bonds. The van der Waals surface area contributed by atoms with Gasteiger partial charge in [-0.25, -0.2) is 9.48 Å². The zero-order valence-corrected chi connectivity index (χ0v) is 22.2. The van der Waals surface area contributed by atoms with Gasteiger partial charge in [-0.05, 0) is 36.2 Å². The van der Waals surface area contributed by atoms with E-state index in [9.17, 15) is 9.59 Å². The van der Waals surface area contributed by atoms with Crippen molar-refractivity contribution in [2.75, 3.05) is 5.32 Å². The lowest BCUT2D eigenvalue weighted by Gasteiger charge is -2.14. The molecule has 5 rings (SSSR count). The van der Waals surface area contributed by atoms with Gasteiger partial charge in [-0.15, -0.1) is 27.8 Å². The van der Waals surface area contributed by atoms with Crippen molar-refractivity contribution in [2.24, 2.45) is 7.05 Å². The average molecular weight is 553 g/mol. The SMILES string of the molecule is CC(OC(=O)Nc1c(-c2cc3sc(-c4ccc(CC(=O)O)cc4Cl)cc3s2)nnn1C)c1ccccc1. The van der Waals surface area contributed by atoms with Gasteiger partial charge in [0.25, 0.3) is 0 Å². The van der Waals surface area contributed by atoms with Gasteiger partial charge in [-0.2, -0.15) is 0 Å². The number of fused-ring (bicyclic) bond motifs is 1. The molecule has 0 aliphatic heterocycles. The molecule has 2 N–H and O–H groups in total. The molecular weight excluding hydrogens is 532 g/mol. The highest BCUT2D eigenvalue weighted by atomic mass is 35.5. The number of thiophene rings is 2. The Morgan fingerprint density at radius 2 is 1.78 bits per heavy atom. The number of rotatable bonds is 7. The van der Waals surface area contributed by atoms with Crippen LogP contribution in [0.3, 0.4) is 0 Å². The van der Waals surface area contributed by atoms with Crippen molar-refractivity contribution in [3.8, 4) is 21.0 Å². The Hall–Kier alpha value is -3.73. The fraction of sp³-hybridized carbons (Fsp3) is 0.154. The number of hydrogen-bond acceptors (Lipinski definition) is 7. The third-order valence-corrected chi connectivity index (χ3v) is 8.34. The second-order valence-electron chi connectivity index (χ2n) is 8.33. The maximum absolute atomic E-state index is 12.6. The number of benzene rings is 2. The van der Waals surface area contributed by atoms with Crippen molar-refractivity contribution in [1.82, 2.24) is 15.0 Å². The number of amides is 1. The van der Waals surface area contributed by atoms with Crippen LogP contribution in [0.5, 0.6) is 0 Å². The van der Waals surface area contributed by atoms with E-state index in [1.54, 1.807) is 30.5 Å². The number of aromatic nitrogens is 3. The van der Waals surface area contributed by atoms with Gasteiger partial charge >= 0.3 is 12.1 Å². The maximum Gasteiger partial charge on any atom is 0.413 e. The van der Waals surface area contributed by atoms with Gasteiger partial charge in [0.05, 0.1) is 11.3 Å². The van der Waals surface area contributed by atoms with Crippen LogP contribution in [0.15, 0.2) is 60.7 Å². The summed E-state index contributed by atoms with van der Waals surface area (Å²) in [6.07, 6.45) is -1.08. The normalized spacial score (nSPS) is 12.0. The fourth-order valence-electron chi connectivity index (χ4n) is 3.87.